The average Bonchev–Trinajstić information content (AvgIpc) is 3.17. The van der Waals surface area contributed by atoms with Gasteiger partial charge in [0.05, 0.1) is 5.69 Å². The fraction of sp³-hybridized carbons (Fsp3) is 0.0870. The van der Waals surface area contributed by atoms with E-state index in [-0.39, 0.29) is 11.6 Å². The van der Waals surface area contributed by atoms with Gasteiger partial charge in [-0.2, -0.15) is 0 Å². The van der Waals surface area contributed by atoms with Gasteiger partial charge in [-0.3, -0.25) is 9.59 Å². The summed E-state index contributed by atoms with van der Waals surface area (Å²) in [5, 5.41) is 5.68. The molecule has 0 bridgehead atoms. The van der Waals surface area contributed by atoms with E-state index in [4.69, 9.17) is 4.42 Å². The Kier molecular flexibility index (Phi) is 5.99. The van der Waals surface area contributed by atoms with E-state index in [1.165, 1.54) is 36.9 Å². The molecule has 0 saturated heterocycles. The molecule has 0 fully saturated rings. The van der Waals surface area contributed by atoms with Crippen LogP contribution in [-0.2, 0) is 10.5 Å². The first-order valence-corrected chi connectivity index (χ1v) is 10.4. The first-order valence-electron chi connectivity index (χ1n) is 9.44. The van der Waals surface area contributed by atoms with Crippen LogP contribution in [0.5, 0.6) is 0 Å². The number of thioether (sulfide) groups is 1. The number of aromatic nitrogens is 1. The Morgan fingerprint density at radius 3 is 2.61 bits per heavy atom. The van der Waals surface area contributed by atoms with Crippen LogP contribution in [-0.4, -0.2) is 16.8 Å². The van der Waals surface area contributed by atoms with Crippen LogP contribution in [0.4, 0.5) is 15.8 Å². The van der Waals surface area contributed by atoms with Gasteiger partial charge in [-0.25, -0.2) is 9.37 Å². The van der Waals surface area contributed by atoms with Crippen LogP contribution in [0.3, 0.4) is 0 Å². The lowest BCUT2D eigenvalue weighted by Gasteiger charge is -2.11. The third kappa shape index (κ3) is 4.92. The van der Waals surface area contributed by atoms with Crippen LogP contribution >= 0.6 is 11.8 Å². The predicted octanol–water partition coefficient (Wildman–Crippen LogP) is 5.47. The van der Waals surface area contributed by atoms with Crippen molar-refractivity contribution in [3.63, 3.8) is 0 Å². The maximum absolute atomic E-state index is 13.8. The molecule has 8 heteroatoms. The number of para-hydroxylation sites is 2. The summed E-state index contributed by atoms with van der Waals surface area (Å²) in [6, 6.07) is 18.7. The fourth-order valence-corrected chi connectivity index (χ4v) is 3.85. The van der Waals surface area contributed by atoms with Gasteiger partial charge in [0.15, 0.2) is 5.58 Å². The molecule has 0 aliphatic rings. The number of nitrogens with zero attached hydrogens (tertiary/aromatic N) is 1. The van der Waals surface area contributed by atoms with E-state index in [1.54, 1.807) is 12.1 Å². The van der Waals surface area contributed by atoms with E-state index in [1.807, 2.05) is 36.4 Å². The van der Waals surface area contributed by atoms with Crippen LogP contribution in [0, 0.1) is 5.82 Å². The molecular formula is C23H18FN3O3S. The number of rotatable bonds is 6. The van der Waals surface area contributed by atoms with E-state index < -0.39 is 11.7 Å². The molecule has 156 valence electrons. The number of anilines is 2. The van der Waals surface area contributed by atoms with Gasteiger partial charge in [-0.1, -0.05) is 42.1 Å². The van der Waals surface area contributed by atoms with Crippen molar-refractivity contribution in [3.8, 4) is 0 Å². The van der Waals surface area contributed by atoms with Crippen molar-refractivity contribution in [2.45, 2.75) is 17.9 Å². The van der Waals surface area contributed by atoms with E-state index >= 15 is 0 Å². The minimum absolute atomic E-state index is 0.00472. The summed E-state index contributed by atoms with van der Waals surface area (Å²) >= 11 is 1.39. The number of amides is 2. The molecule has 2 N–H and O–H groups in total. The summed E-state index contributed by atoms with van der Waals surface area (Å²) < 4.78 is 19.6. The highest BCUT2D eigenvalue weighted by Gasteiger charge is 2.14. The lowest BCUT2D eigenvalue weighted by Crippen LogP contribution is -2.15. The number of nitrogens with one attached hydrogen (secondary N) is 2. The van der Waals surface area contributed by atoms with Crippen LogP contribution < -0.4 is 10.6 Å². The first kappa shape index (κ1) is 20.6. The van der Waals surface area contributed by atoms with E-state index in [9.17, 15) is 14.0 Å². The molecule has 0 spiro atoms. The standard InChI is InChI=1S/C23H18FN3O3S/c1-14(28)25-20-12-16(10-11-18(20)24)26-22(29)17-7-3-2-6-15(17)13-31-23-27-19-8-4-5-9-21(19)30-23/h2-12H,13H2,1H3,(H,25,28)(H,26,29). The van der Waals surface area contributed by atoms with E-state index in [0.717, 1.165) is 11.1 Å². The lowest BCUT2D eigenvalue weighted by atomic mass is 10.1. The summed E-state index contributed by atoms with van der Waals surface area (Å²) in [6.07, 6.45) is 0. The van der Waals surface area contributed by atoms with Crippen molar-refractivity contribution in [2.24, 2.45) is 0 Å². The summed E-state index contributed by atoms with van der Waals surface area (Å²) in [5.41, 5.74) is 3.15. The number of benzene rings is 3. The van der Waals surface area contributed by atoms with Gasteiger partial charge in [0, 0.05) is 23.9 Å². The molecule has 31 heavy (non-hydrogen) atoms. The third-order valence-electron chi connectivity index (χ3n) is 4.42. The number of carbonyl (C=O) groups is 2. The van der Waals surface area contributed by atoms with Gasteiger partial charge < -0.3 is 15.1 Å². The van der Waals surface area contributed by atoms with Gasteiger partial charge in [0.25, 0.3) is 11.1 Å². The zero-order valence-electron chi connectivity index (χ0n) is 16.5. The SMILES string of the molecule is CC(=O)Nc1cc(NC(=O)c2ccccc2CSc2nc3ccccc3o2)ccc1F. The molecule has 4 aromatic rings. The number of hydrogen-bond acceptors (Lipinski definition) is 5. The van der Waals surface area contributed by atoms with Crippen molar-refractivity contribution in [1.82, 2.24) is 4.98 Å². The zero-order valence-corrected chi connectivity index (χ0v) is 17.3. The normalized spacial score (nSPS) is 10.8. The first-order chi connectivity index (χ1) is 15.0. The van der Waals surface area contributed by atoms with Crippen molar-refractivity contribution in [2.75, 3.05) is 10.6 Å². The third-order valence-corrected chi connectivity index (χ3v) is 5.30. The Bertz CT molecular complexity index is 1240. The number of carbonyl (C=O) groups excluding carboxylic acids is 2. The highest BCUT2D eigenvalue weighted by molar-refractivity contribution is 7.98. The minimum atomic E-state index is -0.580. The maximum atomic E-state index is 13.8. The molecule has 1 aromatic heterocycles. The molecule has 0 aliphatic heterocycles. The molecular weight excluding hydrogens is 417 g/mol. The van der Waals surface area contributed by atoms with Gasteiger partial charge in [0.1, 0.15) is 11.3 Å². The molecule has 0 unspecified atom stereocenters. The number of hydrogen-bond donors (Lipinski definition) is 2. The fourth-order valence-electron chi connectivity index (χ4n) is 3.01. The molecule has 3 aromatic carbocycles. The second kappa shape index (κ2) is 9.01. The molecule has 0 atom stereocenters. The molecule has 1 heterocycles. The summed E-state index contributed by atoms with van der Waals surface area (Å²) in [6.45, 7) is 1.29. The van der Waals surface area contributed by atoms with Crippen LogP contribution in [0.25, 0.3) is 11.1 Å². The molecule has 2 amide bonds. The predicted molar refractivity (Wildman–Crippen MR) is 119 cm³/mol. The maximum Gasteiger partial charge on any atom is 0.257 e. The summed E-state index contributed by atoms with van der Waals surface area (Å²) in [5.74, 6) is -0.835. The largest absolute Gasteiger partial charge is 0.431 e. The molecule has 4 rings (SSSR count). The Balaban J connectivity index is 1.50. The van der Waals surface area contributed by atoms with Crippen molar-refractivity contribution < 1.29 is 18.4 Å². The number of oxazole rings is 1. The van der Waals surface area contributed by atoms with Gasteiger partial charge in [0.2, 0.25) is 5.91 Å². The smallest absolute Gasteiger partial charge is 0.257 e. The van der Waals surface area contributed by atoms with Crippen LogP contribution in [0.1, 0.15) is 22.8 Å². The van der Waals surface area contributed by atoms with Gasteiger partial charge in [-0.05, 0) is 42.0 Å². The van der Waals surface area contributed by atoms with E-state index in [2.05, 4.69) is 15.6 Å². The second-order valence-corrected chi connectivity index (χ2v) is 7.65. The highest BCUT2D eigenvalue weighted by atomic mass is 32.2. The van der Waals surface area contributed by atoms with Gasteiger partial charge >= 0.3 is 0 Å². The lowest BCUT2D eigenvalue weighted by molar-refractivity contribution is -0.114. The molecule has 0 saturated carbocycles. The number of fused-ring (bicyclic) bond motifs is 1. The van der Waals surface area contributed by atoms with Crippen LogP contribution in [0.15, 0.2) is 76.4 Å². The van der Waals surface area contributed by atoms with E-state index in [0.29, 0.717) is 27.8 Å². The van der Waals surface area contributed by atoms with Crippen molar-refractivity contribution >= 4 is 46.1 Å². The zero-order chi connectivity index (χ0) is 21.8. The van der Waals surface area contributed by atoms with Crippen molar-refractivity contribution in [1.29, 1.82) is 0 Å². The van der Waals surface area contributed by atoms with Crippen molar-refractivity contribution in [3.05, 3.63) is 83.7 Å². The number of halogens is 1. The average molecular weight is 435 g/mol. The molecule has 0 aliphatic carbocycles. The molecule has 0 radical (unpaired) electrons. The highest BCUT2D eigenvalue weighted by Crippen LogP contribution is 2.28. The Labute approximate surface area is 181 Å². The quantitative estimate of drug-likeness (QED) is 0.392. The van der Waals surface area contributed by atoms with Crippen LogP contribution in [0.2, 0.25) is 0 Å². The topological polar surface area (TPSA) is 84.2 Å². The monoisotopic (exact) mass is 435 g/mol. The molecule has 6 nitrogen and oxygen atoms in total. The summed E-state index contributed by atoms with van der Waals surface area (Å²) in [4.78, 5) is 28.5. The minimum Gasteiger partial charge on any atom is -0.431 e. The Hall–Kier alpha value is -3.65. The second-order valence-electron chi connectivity index (χ2n) is 6.72. The van der Waals surface area contributed by atoms with Gasteiger partial charge in [-0.15, -0.1) is 0 Å². The Morgan fingerprint density at radius 2 is 1.81 bits per heavy atom. The Morgan fingerprint density at radius 1 is 1.03 bits per heavy atom. The summed E-state index contributed by atoms with van der Waals surface area (Å²) in [7, 11) is 0.